The zero-order chi connectivity index (χ0) is 19.4. The van der Waals surface area contributed by atoms with Crippen LogP contribution < -0.4 is 0 Å². The van der Waals surface area contributed by atoms with Crippen molar-refractivity contribution >= 4 is 17.7 Å². The first-order valence-electron chi connectivity index (χ1n) is 9.74. The number of nitrogens with zero attached hydrogens (tertiary/aromatic N) is 3. The van der Waals surface area contributed by atoms with Gasteiger partial charge in [0, 0.05) is 0 Å². The topological polar surface area (TPSA) is 57.0 Å². The number of para-hydroxylation sites is 1. The molecule has 1 aromatic heterocycles. The first-order chi connectivity index (χ1) is 13.0. The molecule has 5 nitrogen and oxygen atoms in total. The van der Waals surface area contributed by atoms with Crippen LogP contribution in [0.4, 0.5) is 0 Å². The Morgan fingerprint density at radius 1 is 1.33 bits per heavy atom. The molecule has 1 aliphatic carbocycles. The number of hydrogen-bond acceptors (Lipinski definition) is 5. The molecule has 1 saturated carbocycles. The van der Waals surface area contributed by atoms with Crippen molar-refractivity contribution in [2.75, 3.05) is 5.75 Å². The molecule has 27 heavy (non-hydrogen) atoms. The Labute approximate surface area is 165 Å². The Morgan fingerprint density at radius 3 is 2.85 bits per heavy atom. The summed E-state index contributed by atoms with van der Waals surface area (Å²) in [6, 6.07) is 8.07. The Bertz CT molecular complexity index is 774. The molecule has 3 rings (SSSR count). The summed E-state index contributed by atoms with van der Waals surface area (Å²) in [5.74, 6) is 1.71. The van der Waals surface area contributed by atoms with E-state index in [2.05, 4.69) is 31.0 Å². The first-order valence-corrected chi connectivity index (χ1v) is 10.7. The highest BCUT2D eigenvalue weighted by molar-refractivity contribution is 7.99. The van der Waals surface area contributed by atoms with Crippen molar-refractivity contribution in [1.82, 2.24) is 14.8 Å². The predicted molar refractivity (Wildman–Crippen MR) is 108 cm³/mol. The van der Waals surface area contributed by atoms with Crippen molar-refractivity contribution in [3.63, 3.8) is 0 Å². The summed E-state index contributed by atoms with van der Waals surface area (Å²) in [7, 11) is 0. The highest BCUT2D eigenvalue weighted by Crippen LogP contribution is 2.35. The van der Waals surface area contributed by atoms with Crippen LogP contribution in [-0.2, 0) is 9.53 Å². The van der Waals surface area contributed by atoms with Gasteiger partial charge in [-0.15, -0.1) is 10.2 Å². The number of aryl methyl sites for hydroxylation is 1. The number of thioether (sulfide) groups is 1. The van der Waals surface area contributed by atoms with Gasteiger partial charge in [0.05, 0.1) is 11.4 Å². The quantitative estimate of drug-likeness (QED) is 0.532. The van der Waals surface area contributed by atoms with Gasteiger partial charge in [0.25, 0.3) is 0 Å². The SMILES string of the molecule is Cc1ccccc1-n1cnnc1SCC(=O)O[C@@H]1C[C@@H](C)CC[C@@H]1C(C)C. The fraction of sp³-hybridized carbons (Fsp3) is 0.571. The Morgan fingerprint density at radius 2 is 2.11 bits per heavy atom. The number of carbonyl (C=O) groups is 1. The highest BCUT2D eigenvalue weighted by Gasteiger charge is 2.33. The van der Waals surface area contributed by atoms with Crippen LogP contribution in [0.25, 0.3) is 5.69 Å². The van der Waals surface area contributed by atoms with E-state index in [0.717, 1.165) is 24.1 Å². The van der Waals surface area contributed by atoms with E-state index in [1.54, 1.807) is 6.33 Å². The lowest BCUT2D eigenvalue weighted by molar-refractivity contribution is -0.152. The lowest BCUT2D eigenvalue weighted by atomic mass is 9.75. The van der Waals surface area contributed by atoms with Gasteiger partial charge in [-0.05, 0) is 49.1 Å². The lowest BCUT2D eigenvalue weighted by Crippen LogP contribution is -2.36. The molecule has 0 amide bonds. The second-order valence-corrected chi connectivity index (χ2v) is 8.86. The number of aromatic nitrogens is 3. The molecule has 1 heterocycles. The third-order valence-electron chi connectivity index (χ3n) is 5.45. The van der Waals surface area contributed by atoms with Gasteiger partial charge in [-0.1, -0.05) is 57.2 Å². The van der Waals surface area contributed by atoms with E-state index in [0.29, 0.717) is 22.9 Å². The van der Waals surface area contributed by atoms with Crippen LogP contribution >= 0.6 is 11.8 Å². The van der Waals surface area contributed by atoms with Gasteiger partial charge in [-0.25, -0.2) is 0 Å². The predicted octanol–water partition coefficient (Wildman–Crippen LogP) is 4.67. The fourth-order valence-corrected chi connectivity index (χ4v) is 4.60. The number of hydrogen-bond donors (Lipinski definition) is 0. The monoisotopic (exact) mass is 387 g/mol. The molecule has 3 atom stereocenters. The van der Waals surface area contributed by atoms with E-state index in [1.165, 1.54) is 18.2 Å². The molecule has 0 unspecified atom stereocenters. The van der Waals surface area contributed by atoms with Crippen LogP contribution in [-0.4, -0.2) is 32.6 Å². The van der Waals surface area contributed by atoms with Crippen molar-refractivity contribution in [1.29, 1.82) is 0 Å². The summed E-state index contributed by atoms with van der Waals surface area (Å²) >= 11 is 1.38. The van der Waals surface area contributed by atoms with Gasteiger partial charge in [0.1, 0.15) is 12.4 Å². The molecule has 0 radical (unpaired) electrons. The van der Waals surface area contributed by atoms with E-state index >= 15 is 0 Å². The average molecular weight is 388 g/mol. The van der Waals surface area contributed by atoms with Crippen molar-refractivity contribution in [3.8, 4) is 5.69 Å². The minimum absolute atomic E-state index is 0.0380. The van der Waals surface area contributed by atoms with E-state index in [9.17, 15) is 4.79 Å². The van der Waals surface area contributed by atoms with E-state index in [4.69, 9.17) is 4.74 Å². The second kappa shape index (κ2) is 8.91. The van der Waals surface area contributed by atoms with Crippen LogP contribution in [0.15, 0.2) is 35.7 Å². The normalized spacial score (nSPS) is 22.8. The van der Waals surface area contributed by atoms with Crippen LogP contribution in [0, 0.1) is 24.7 Å². The largest absolute Gasteiger partial charge is 0.461 e. The fourth-order valence-electron chi connectivity index (χ4n) is 3.90. The zero-order valence-electron chi connectivity index (χ0n) is 16.6. The number of ether oxygens (including phenoxy) is 1. The molecule has 1 fully saturated rings. The maximum atomic E-state index is 12.5. The van der Waals surface area contributed by atoms with E-state index in [-0.39, 0.29) is 17.8 Å². The van der Waals surface area contributed by atoms with Gasteiger partial charge >= 0.3 is 5.97 Å². The van der Waals surface area contributed by atoms with Crippen LogP contribution in [0.2, 0.25) is 0 Å². The minimum Gasteiger partial charge on any atom is -0.461 e. The molecule has 0 aliphatic heterocycles. The smallest absolute Gasteiger partial charge is 0.316 e. The van der Waals surface area contributed by atoms with Crippen LogP contribution in [0.1, 0.15) is 45.6 Å². The third-order valence-corrected chi connectivity index (χ3v) is 6.37. The summed E-state index contributed by atoms with van der Waals surface area (Å²) in [5.41, 5.74) is 2.16. The Hall–Kier alpha value is -1.82. The molecule has 0 N–H and O–H groups in total. The summed E-state index contributed by atoms with van der Waals surface area (Å²) in [6.45, 7) is 8.74. The summed E-state index contributed by atoms with van der Waals surface area (Å²) in [6.07, 6.45) is 5.07. The lowest BCUT2D eigenvalue weighted by Gasteiger charge is -2.36. The molecule has 1 aliphatic rings. The summed E-state index contributed by atoms with van der Waals surface area (Å²) in [4.78, 5) is 12.5. The molecular formula is C21H29N3O2S. The first kappa shape index (κ1) is 19.9. The molecule has 6 heteroatoms. The molecule has 1 aromatic carbocycles. The maximum absolute atomic E-state index is 12.5. The van der Waals surface area contributed by atoms with Crippen molar-refractivity contribution in [2.24, 2.45) is 17.8 Å². The van der Waals surface area contributed by atoms with Gasteiger partial charge in [-0.2, -0.15) is 0 Å². The van der Waals surface area contributed by atoms with Gasteiger partial charge in [-0.3, -0.25) is 9.36 Å². The Kier molecular flexibility index (Phi) is 6.58. The summed E-state index contributed by atoms with van der Waals surface area (Å²) in [5, 5.41) is 8.90. The van der Waals surface area contributed by atoms with Crippen molar-refractivity contribution in [3.05, 3.63) is 36.2 Å². The van der Waals surface area contributed by atoms with E-state index < -0.39 is 0 Å². The van der Waals surface area contributed by atoms with Crippen LogP contribution in [0.3, 0.4) is 0 Å². The minimum atomic E-state index is -0.163. The summed E-state index contributed by atoms with van der Waals surface area (Å²) < 4.78 is 7.81. The molecule has 2 aromatic rings. The van der Waals surface area contributed by atoms with Gasteiger partial charge < -0.3 is 4.74 Å². The molecule has 0 saturated heterocycles. The number of benzene rings is 1. The molecule has 0 bridgehead atoms. The standard InChI is InChI=1S/C21H29N3O2S/c1-14(2)17-10-9-15(3)11-19(17)26-20(25)12-27-21-23-22-13-24(21)18-8-6-5-7-16(18)4/h5-8,13-15,17,19H,9-12H2,1-4H3/t15-,17+,19+/m0/s1. The van der Waals surface area contributed by atoms with Crippen LogP contribution in [0.5, 0.6) is 0 Å². The van der Waals surface area contributed by atoms with Gasteiger partial charge in [0.2, 0.25) is 0 Å². The number of carbonyl (C=O) groups excluding carboxylic acids is 1. The highest BCUT2D eigenvalue weighted by atomic mass is 32.2. The average Bonchev–Trinajstić information content (AvgIpc) is 3.08. The molecule has 0 spiro atoms. The molecule has 146 valence electrons. The molecular weight excluding hydrogens is 358 g/mol. The number of esters is 1. The van der Waals surface area contributed by atoms with Crippen molar-refractivity contribution < 1.29 is 9.53 Å². The Balaban J connectivity index is 1.62. The second-order valence-electron chi connectivity index (χ2n) is 7.91. The number of rotatable bonds is 6. The maximum Gasteiger partial charge on any atom is 0.316 e. The van der Waals surface area contributed by atoms with Crippen molar-refractivity contribution in [2.45, 2.75) is 58.2 Å². The van der Waals surface area contributed by atoms with E-state index in [1.807, 2.05) is 35.8 Å². The van der Waals surface area contributed by atoms with Gasteiger partial charge in [0.15, 0.2) is 5.16 Å². The third kappa shape index (κ3) is 4.92. The zero-order valence-corrected chi connectivity index (χ0v) is 17.4.